The predicted molar refractivity (Wildman–Crippen MR) is 59.7 cm³/mol. The van der Waals surface area contributed by atoms with Gasteiger partial charge in [-0.1, -0.05) is 69.9 Å². The van der Waals surface area contributed by atoms with E-state index in [1.807, 2.05) is 0 Å². The molecule has 0 nitrogen and oxygen atoms in total. The molecule has 1 aliphatic carbocycles. The zero-order valence-electron chi connectivity index (χ0n) is 8.65. The minimum absolute atomic E-state index is 0.360. The Hall–Kier alpha value is 0.217. The zero-order chi connectivity index (χ0) is 8.65. The van der Waals surface area contributed by atoms with Gasteiger partial charge in [-0.05, 0) is 0 Å². The molecule has 0 N–H and O–H groups in total. The van der Waals surface area contributed by atoms with Crippen LogP contribution in [0.15, 0.2) is 0 Å². The molecular formula is C11H24Si. The van der Waals surface area contributed by atoms with Crippen molar-refractivity contribution in [3.8, 4) is 0 Å². The molecule has 0 radical (unpaired) electrons. The van der Waals surface area contributed by atoms with Crippen molar-refractivity contribution in [3.05, 3.63) is 0 Å². The molecule has 1 fully saturated rings. The summed E-state index contributed by atoms with van der Waals surface area (Å²) in [4.78, 5) is 0. The number of hydrogen-bond acceptors (Lipinski definition) is 0. The van der Waals surface area contributed by atoms with Gasteiger partial charge in [0.2, 0.25) is 0 Å². The van der Waals surface area contributed by atoms with Crippen LogP contribution in [0.5, 0.6) is 0 Å². The van der Waals surface area contributed by atoms with Crippen LogP contribution >= 0.6 is 0 Å². The van der Waals surface area contributed by atoms with E-state index in [2.05, 4.69) is 6.92 Å². The van der Waals surface area contributed by atoms with Crippen molar-refractivity contribution in [1.29, 1.82) is 0 Å². The van der Waals surface area contributed by atoms with E-state index in [9.17, 15) is 0 Å². The Balaban J connectivity index is 1.81. The van der Waals surface area contributed by atoms with Gasteiger partial charge in [0, 0.05) is 9.52 Å². The van der Waals surface area contributed by atoms with E-state index < -0.39 is 0 Å². The molecule has 0 amide bonds. The van der Waals surface area contributed by atoms with Crippen LogP contribution in [0.25, 0.3) is 0 Å². The molecule has 0 atom stereocenters. The lowest BCUT2D eigenvalue weighted by molar-refractivity contribution is 0.696. The largest absolute Gasteiger partial charge is 0.0654 e. The first kappa shape index (κ1) is 10.3. The van der Waals surface area contributed by atoms with Crippen LogP contribution in [-0.2, 0) is 0 Å². The topological polar surface area (TPSA) is 0 Å². The minimum Gasteiger partial charge on any atom is -0.0654 e. The molecule has 0 aromatic rings. The fourth-order valence-electron chi connectivity index (χ4n) is 2.34. The highest BCUT2D eigenvalue weighted by Crippen LogP contribution is 2.30. The highest BCUT2D eigenvalue weighted by atomic mass is 28.2. The van der Waals surface area contributed by atoms with E-state index in [0.717, 1.165) is 0 Å². The Morgan fingerprint density at radius 2 is 1.83 bits per heavy atom. The Bertz CT molecular complexity index is 95.2. The van der Waals surface area contributed by atoms with Gasteiger partial charge in [0.05, 0.1) is 0 Å². The van der Waals surface area contributed by atoms with E-state index in [-0.39, 0.29) is 0 Å². The lowest BCUT2D eigenvalue weighted by Crippen LogP contribution is -1.98. The number of hydrogen-bond donors (Lipinski definition) is 0. The van der Waals surface area contributed by atoms with E-state index in [4.69, 9.17) is 0 Å². The summed E-state index contributed by atoms with van der Waals surface area (Å²) < 4.78 is 0. The van der Waals surface area contributed by atoms with Crippen LogP contribution in [0.3, 0.4) is 0 Å². The Morgan fingerprint density at radius 1 is 1.08 bits per heavy atom. The van der Waals surface area contributed by atoms with Crippen molar-refractivity contribution in [2.45, 2.75) is 69.9 Å². The smallest absolute Gasteiger partial charge is 0.0231 e. The minimum atomic E-state index is 0.360. The summed E-state index contributed by atoms with van der Waals surface area (Å²) >= 11 is 0. The average Bonchev–Trinajstić information content (AvgIpc) is 2.57. The molecule has 0 unspecified atom stereocenters. The van der Waals surface area contributed by atoms with Gasteiger partial charge in [-0.25, -0.2) is 0 Å². The van der Waals surface area contributed by atoms with Crippen LogP contribution in [0.1, 0.15) is 58.3 Å². The third-order valence-electron chi connectivity index (χ3n) is 3.19. The fraction of sp³-hybridized carbons (Fsp3) is 1.00. The molecule has 0 aromatic heterocycles. The molecule has 0 spiro atoms. The third kappa shape index (κ3) is 4.29. The lowest BCUT2D eigenvalue weighted by atomic mass is 10.2. The SMILES string of the molecule is CCCCCC[SiH2]C1CCCC1. The molecule has 12 heavy (non-hydrogen) atoms. The van der Waals surface area contributed by atoms with E-state index in [0.29, 0.717) is 9.52 Å². The van der Waals surface area contributed by atoms with Crippen molar-refractivity contribution in [2.75, 3.05) is 0 Å². The second-order valence-electron chi connectivity index (χ2n) is 4.35. The molecule has 0 aliphatic heterocycles. The molecule has 1 aliphatic rings. The Morgan fingerprint density at radius 3 is 2.50 bits per heavy atom. The van der Waals surface area contributed by atoms with Gasteiger partial charge >= 0.3 is 0 Å². The summed E-state index contributed by atoms with van der Waals surface area (Å²) in [5.41, 5.74) is 1.26. The maximum absolute atomic E-state index is 2.30. The van der Waals surface area contributed by atoms with Crippen molar-refractivity contribution >= 4 is 9.52 Å². The quantitative estimate of drug-likeness (QED) is 0.438. The Labute approximate surface area is 80.0 Å². The number of unbranched alkanes of at least 4 members (excludes halogenated alkanes) is 3. The van der Waals surface area contributed by atoms with Gasteiger partial charge in [-0.15, -0.1) is 0 Å². The van der Waals surface area contributed by atoms with Crippen molar-refractivity contribution in [2.24, 2.45) is 0 Å². The molecule has 1 heteroatoms. The molecule has 1 rings (SSSR count). The molecule has 0 saturated heterocycles. The second kappa shape index (κ2) is 6.70. The van der Waals surface area contributed by atoms with Gasteiger partial charge < -0.3 is 0 Å². The van der Waals surface area contributed by atoms with Crippen LogP contribution in [-0.4, -0.2) is 9.52 Å². The zero-order valence-corrected chi connectivity index (χ0v) is 10.1. The van der Waals surface area contributed by atoms with Crippen LogP contribution in [0.2, 0.25) is 11.6 Å². The second-order valence-corrected chi connectivity index (χ2v) is 6.79. The summed E-state index contributed by atoms with van der Waals surface area (Å²) in [6, 6.07) is 1.64. The van der Waals surface area contributed by atoms with Gasteiger partial charge in [0.25, 0.3) is 0 Å². The Kier molecular flexibility index (Phi) is 5.75. The summed E-state index contributed by atoms with van der Waals surface area (Å²) in [6.07, 6.45) is 12.2. The summed E-state index contributed by atoms with van der Waals surface area (Å²) in [7, 11) is 0.360. The molecule has 0 aromatic carbocycles. The van der Waals surface area contributed by atoms with Crippen molar-refractivity contribution in [3.63, 3.8) is 0 Å². The third-order valence-corrected chi connectivity index (χ3v) is 5.73. The van der Waals surface area contributed by atoms with Gasteiger partial charge in [0.1, 0.15) is 0 Å². The number of rotatable bonds is 6. The molecular weight excluding hydrogens is 160 g/mol. The highest BCUT2D eigenvalue weighted by Gasteiger charge is 2.13. The normalized spacial score (nSPS) is 19.8. The molecule has 0 bridgehead atoms. The first-order valence-electron chi connectivity index (χ1n) is 5.93. The summed E-state index contributed by atoms with van der Waals surface area (Å²) in [6.45, 7) is 2.30. The van der Waals surface area contributed by atoms with Gasteiger partial charge in [-0.3, -0.25) is 0 Å². The van der Waals surface area contributed by atoms with Crippen LogP contribution in [0.4, 0.5) is 0 Å². The van der Waals surface area contributed by atoms with Crippen molar-refractivity contribution < 1.29 is 0 Å². The molecule has 0 heterocycles. The van der Waals surface area contributed by atoms with Crippen LogP contribution in [0, 0.1) is 0 Å². The van der Waals surface area contributed by atoms with E-state index >= 15 is 0 Å². The van der Waals surface area contributed by atoms with Crippen molar-refractivity contribution in [1.82, 2.24) is 0 Å². The maximum Gasteiger partial charge on any atom is 0.0231 e. The monoisotopic (exact) mass is 184 g/mol. The fourth-order valence-corrected chi connectivity index (χ4v) is 4.71. The summed E-state index contributed by atoms with van der Waals surface area (Å²) in [5, 5.41) is 0. The molecule has 72 valence electrons. The lowest BCUT2D eigenvalue weighted by Gasteiger charge is -2.06. The van der Waals surface area contributed by atoms with Gasteiger partial charge in [-0.2, -0.15) is 0 Å². The standard InChI is InChI=1S/C11H24Si/c1-2-3-4-7-10-12-11-8-5-6-9-11/h11H,2-10,12H2,1H3. The first-order chi connectivity index (χ1) is 5.93. The van der Waals surface area contributed by atoms with E-state index in [1.165, 1.54) is 24.8 Å². The molecule has 1 saturated carbocycles. The van der Waals surface area contributed by atoms with Gasteiger partial charge in [0.15, 0.2) is 0 Å². The van der Waals surface area contributed by atoms with Crippen LogP contribution < -0.4 is 0 Å². The highest BCUT2D eigenvalue weighted by molar-refractivity contribution is 6.37. The maximum atomic E-state index is 2.30. The van der Waals surface area contributed by atoms with E-state index in [1.54, 1.807) is 38.1 Å². The average molecular weight is 184 g/mol. The summed E-state index contributed by atoms with van der Waals surface area (Å²) in [5.74, 6) is 0. The predicted octanol–water partition coefficient (Wildman–Crippen LogP) is 3.52. The first-order valence-corrected chi connectivity index (χ1v) is 7.75.